The molecule has 0 spiro atoms. The minimum absolute atomic E-state index is 0.315. The van der Waals surface area contributed by atoms with Gasteiger partial charge in [0.25, 0.3) is 5.89 Å². The molecule has 1 fully saturated rings. The highest BCUT2D eigenvalue weighted by atomic mass is 16.5. The molecule has 1 unspecified atom stereocenters. The second kappa shape index (κ2) is 2.84. The Morgan fingerprint density at radius 2 is 2.58 bits per heavy atom. The van der Waals surface area contributed by atoms with E-state index in [1.807, 2.05) is 0 Å². The quantitative estimate of drug-likeness (QED) is 0.600. The van der Waals surface area contributed by atoms with Crippen LogP contribution in [0.4, 0.5) is 0 Å². The van der Waals surface area contributed by atoms with Gasteiger partial charge in [-0.1, -0.05) is 5.16 Å². The van der Waals surface area contributed by atoms with Crippen molar-refractivity contribution in [2.75, 3.05) is 13.1 Å². The Bertz CT molecular complexity index is 241. The van der Waals surface area contributed by atoms with Crippen molar-refractivity contribution in [1.82, 2.24) is 15.5 Å². The average molecular weight is 169 g/mol. The molecule has 1 atom stereocenters. The van der Waals surface area contributed by atoms with Crippen molar-refractivity contribution in [3.05, 3.63) is 12.2 Å². The Morgan fingerprint density at radius 3 is 3.17 bits per heavy atom. The largest absolute Gasteiger partial charge is 0.379 e. The van der Waals surface area contributed by atoms with Gasteiger partial charge in [-0.25, -0.2) is 0 Å². The van der Waals surface area contributed by atoms with E-state index in [2.05, 4.69) is 15.5 Å². The number of rotatable bonds is 1. The van der Waals surface area contributed by atoms with Gasteiger partial charge in [-0.05, 0) is 19.4 Å². The van der Waals surface area contributed by atoms with Crippen molar-refractivity contribution < 1.29 is 9.63 Å². The first kappa shape index (κ1) is 7.70. The lowest BCUT2D eigenvalue weighted by atomic mass is 9.94. The van der Waals surface area contributed by atoms with Gasteiger partial charge in [0, 0.05) is 6.54 Å². The molecule has 5 nitrogen and oxygen atoms in total. The summed E-state index contributed by atoms with van der Waals surface area (Å²) in [6, 6.07) is 0. The fourth-order valence-electron chi connectivity index (χ4n) is 1.45. The molecular weight excluding hydrogens is 158 g/mol. The summed E-state index contributed by atoms with van der Waals surface area (Å²) in [5.41, 5.74) is -0.950. The molecule has 2 N–H and O–H groups in total. The van der Waals surface area contributed by atoms with Gasteiger partial charge in [-0.3, -0.25) is 0 Å². The van der Waals surface area contributed by atoms with Crippen LogP contribution in [0.2, 0.25) is 0 Å². The second-order valence-corrected chi connectivity index (χ2v) is 3.06. The van der Waals surface area contributed by atoms with Gasteiger partial charge in [0.1, 0.15) is 0 Å². The summed E-state index contributed by atoms with van der Waals surface area (Å²) < 4.78 is 4.82. The van der Waals surface area contributed by atoms with Crippen molar-refractivity contribution in [2.45, 2.75) is 18.4 Å². The normalized spacial score (nSPS) is 30.4. The monoisotopic (exact) mass is 169 g/mol. The van der Waals surface area contributed by atoms with Crippen LogP contribution in [0.3, 0.4) is 0 Å². The van der Waals surface area contributed by atoms with Crippen LogP contribution in [0.25, 0.3) is 0 Å². The van der Waals surface area contributed by atoms with Gasteiger partial charge < -0.3 is 14.9 Å². The van der Waals surface area contributed by atoms with E-state index < -0.39 is 5.60 Å². The molecule has 1 saturated heterocycles. The number of aliphatic hydroxyl groups is 1. The highest BCUT2D eigenvalue weighted by Gasteiger charge is 2.36. The van der Waals surface area contributed by atoms with E-state index >= 15 is 0 Å². The van der Waals surface area contributed by atoms with Gasteiger partial charge in [0.05, 0.1) is 0 Å². The van der Waals surface area contributed by atoms with Crippen molar-refractivity contribution >= 4 is 0 Å². The van der Waals surface area contributed by atoms with Gasteiger partial charge >= 0.3 is 0 Å². The first-order valence-electron chi connectivity index (χ1n) is 4.01. The zero-order valence-electron chi connectivity index (χ0n) is 6.66. The molecule has 1 aliphatic rings. The summed E-state index contributed by atoms with van der Waals surface area (Å²) in [6.45, 7) is 1.44. The zero-order chi connectivity index (χ0) is 8.44. The van der Waals surface area contributed by atoms with Crippen LogP contribution in [0.1, 0.15) is 18.7 Å². The summed E-state index contributed by atoms with van der Waals surface area (Å²) in [4.78, 5) is 3.84. The molecule has 0 aliphatic carbocycles. The van der Waals surface area contributed by atoms with Gasteiger partial charge in [-0.15, -0.1) is 0 Å². The number of nitrogens with one attached hydrogen (secondary N) is 1. The lowest BCUT2D eigenvalue weighted by molar-refractivity contribution is -0.0167. The number of β-amino-alcohol motifs (C(OH)–C–C–N with tert-alkyl or cyclic N) is 1. The average Bonchev–Trinajstić information content (AvgIpc) is 2.58. The van der Waals surface area contributed by atoms with Crippen LogP contribution in [0.5, 0.6) is 0 Å². The standard InChI is InChI=1S/C7H11N3O2/c11-7(2-1-3-8-4-7)6-9-5-10-12-6/h5,8,11H,1-4H2. The summed E-state index contributed by atoms with van der Waals surface area (Å²) in [5, 5.41) is 16.5. The molecule has 1 aromatic heterocycles. The molecule has 2 heterocycles. The molecule has 0 radical (unpaired) electrons. The van der Waals surface area contributed by atoms with Crippen LogP contribution in [0, 0.1) is 0 Å². The number of hydrogen-bond acceptors (Lipinski definition) is 5. The van der Waals surface area contributed by atoms with E-state index in [9.17, 15) is 5.11 Å². The van der Waals surface area contributed by atoms with Crippen LogP contribution >= 0.6 is 0 Å². The smallest absolute Gasteiger partial charge is 0.259 e. The fraction of sp³-hybridized carbons (Fsp3) is 0.714. The van der Waals surface area contributed by atoms with Gasteiger partial charge in [-0.2, -0.15) is 4.98 Å². The van der Waals surface area contributed by atoms with E-state index in [4.69, 9.17) is 4.52 Å². The molecule has 1 aliphatic heterocycles. The number of aromatic nitrogens is 2. The molecule has 0 bridgehead atoms. The van der Waals surface area contributed by atoms with Crippen LogP contribution in [0.15, 0.2) is 10.9 Å². The minimum Gasteiger partial charge on any atom is -0.379 e. The van der Waals surface area contributed by atoms with E-state index in [-0.39, 0.29) is 0 Å². The van der Waals surface area contributed by atoms with Crippen molar-refractivity contribution in [3.8, 4) is 0 Å². The third kappa shape index (κ3) is 1.21. The highest BCUT2D eigenvalue weighted by molar-refractivity contribution is 4.98. The number of piperidine rings is 1. The Kier molecular flexibility index (Phi) is 1.82. The molecular formula is C7H11N3O2. The summed E-state index contributed by atoms with van der Waals surface area (Å²) >= 11 is 0. The van der Waals surface area contributed by atoms with Crippen molar-refractivity contribution in [2.24, 2.45) is 0 Å². The van der Waals surface area contributed by atoms with Crippen LogP contribution in [-0.4, -0.2) is 28.3 Å². The molecule has 1 aromatic rings. The Labute approximate surface area is 69.8 Å². The predicted molar refractivity (Wildman–Crippen MR) is 40.3 cm³/mol. The van der Waals surface area contributed by atoms with E-state index in [0.29, 0.717) is 18.9 Å². The topological polar surface area (TPSA) is 71.2 Å². The van der Waals surface area contributed by atoms with Gasteiger partial charge in [0.2, 0.25) is 0 Å². The number of hydrogen-bond donors (Lipinski definition) is 2. The number of nitrogens with zero attached hydrogens (tertiary/aromatic N) is 2. The first-order valence-corrected chi connectivity index (χ1v) is 4.01. The van der Waals surface area contributed by atoms with E-state index in [1.54, 1.807) is 0 Å². The maximum Gasteiger partial charge on any atom is 0.259 e. The van der Waals surface area contributed by atoms with Gasteiger partial charge in [0.15, 0.2) is 11.9 Å². The maximum atomic E-state index is 9.97. The molecule has 2 rings (SSSR count). The third-order valence-corrected chi connectivity index (χ3v) is 2.12. The summed E-state index contributed by atoms with van der Waals surface area (Å²) in [6.07, 6.45) is 2.92. The van der Waals surface area contributed by atoms with E-state index in [1.165, 1.54) is 6.33 Å². The minimum atomic E-state index is -0.950. The lowest BCUT2D eigenvalue weighted by Gasteiger charge is -2.28. The zero-order valence-corrected chi connectivity index (χ0v) is 6.66. The Morgan fingerprint density at radius 1 is 1.67 bits per heavy atom. The molecule has 0 saturated carbocycles. The van der Waals surface area contributed by atoms with E-state index in [0.717, 1.165) is 13.0 Å². The molecule has 0 amide bonds. The fourth-order valence-corrected chi connectivity index (χ4v) is 1.45. The lowest BCUT2D eigenvalue weighted by Crippen LogP contribution is -2.43. The second-order valence-electron chi connectivity index (χ2n) is 3.06. The van der Waals surface area contributed by atoms with Crippen LogP contribution in [-0.2, 0) is 5.60 Å². The highest BCUT2D eigenvalue weighted by Crippen LogP contribution is 2.25. The SMILES string of the molecule is OC1(c2ncno2)CCCNC1. The summed E-state index contributed by atoms with van der Waals surface area (Å²) in [5.74, 6) is 0.315. The first-order chi connectivity index (χ1) is 5.81. The summed E-state index contributed by atoms with van der Waals surface area (Å²) in [7, 11) is 0. The molecule has 66 valence electrons. The molecule has 0 aromatic carbocycles. The predicted octanol–water partition coefficient (Wildman–Crippen LogP) is -0.359. The third-order valence-electron chi connectivity index (χ3n) is 2.12. The van der Waals surface area contributed by atoms with Crippen LogP contribution < -0.4 is 5.32 Å². The molecule has 5 heteroatoms. The molecule has 12 heavy (non-hydrogen) atoms. The Hall–Kier alpha value is -0.940. The maximum absolute atomic E-state index is 9.97. The van der Waals surface area contributed by atoms with Crippen molar-refractivity contribution in [3.63, 3.8) is 0 Å². The Balaban J connectivity index is 2.19. The van der Waals surface area contributed by atoms with Crippen molar-refractivity contribution in [1.29, 1.82) is 0 Å².